The van der Waals surface area contributed by atoms with Crippen LogP contribution in [-0.2, 0) is 9.53 Å². The lowest BCUT2D eigenvalue weighted by Gasteiger charge is -2.14. The van der Waals surface area contributed by atoms with Gasteiger partial charge in [0.05, 0.1) is 21.3 Å². The van der Waals surface area contributed by atoms with Crippen molar-refractivity contribution < 1.29 is 19.0 Å². The number of hydrogen-bond donors (Lipinski definition) is 0. The maximum absolute atomic E-state index is 11.7. The molecule has 0 bridgehead atoms. The SMILES string of the molecule is COC(=O)/C=C(\c1ccccc1)c1ccc(OC)cc1OC. The van der Waals surface area contributed by atoms with Crippen molar-refractivity contribution in [2.24, 2.45) is 0 Å². The molecule has 2 rings (SSSR count). The summed E-state index contributed by atoms with van der Waals surface area (Å²) in [7, 11) is 4.53. The van der Waals surface area contributed by atoms with E-state index in [1.807, 2.05) is 42.5 Å². The molecule has 2 aromatic rings. The van der Waals surface area contributed by atoms with Crippen molar-refractivity contribution in [3.8, 4) is 11.5 Å². The second-order valence-electron chi connectivity index (χ2n) is 4.51. The van der Waals surface area contributed by atoms with E-state index in [9.17, 15) is 4.79 Å². The van der Waals surface area contributed by atoms with E-state index in [0.29, 0.717) is 11.5 Å². The van der Waals surface area contributed by atoms with Crippen LogP contribution >= 0.6 is 0 Å². The zero-order valence-electron chi connectivity index (χ0n) is 12.8. The van der Waals surface area contributed by atoms with Crippen LogP contribution in [0.2, 0.25) is 0 Å². The molecule has 114 valence electrons. The normalized spacial score (nSPS) is 11.0. The van der Waals surface area contributed by atoms with Crippen LogP contribution in [0.25, 0.3) is 5.57 Å². The molecule has 0 aliphatic rings. The third-order valence-corrected chi connectivity index (χ3v) is 3.25. The van der Waals surface area contributed by atoms with Crippen LogP contribution in [0.3, 0.4) is 0 Å². The third-order valence-electron chi connectivity index (χ3n) is 3.25. The first kappa shape index (κ1) is 15.6. The minimum absolute atomic E-state index is 0.420. The summed E-state index contributed by atoms with van der Waals surface area (Å²) in [6.45, 7) is 0. The molecular formula is C18H18O4. The van der Waals surface area contributed by atoms with E-state index in [4.69, 9.17) is 14.2 Å². The lowest BCUT2D eigenvalue weighted by atomic mass is 9.96. The largest absolute Gasteiger partial charge is 0.497 e. The fourth-order valence-electron chi connectivity index (χ4n) is 2.13. The Bertz CT molecular complexity index is 675. The standard InChI is InChI=1S/C18H18O4/c1-20-14-9-10-15(17(11-14)21-2)16(12-18(19)22-3)13-7-5-4-6-8-13/h4-12H,1-3H3/b16-12+. The molecule has 0 amide bonds. The van der Waals surface area contributed by atoms with Gasteiger partial charge in [0.2, 0.25) is 0 Å². The second kappa shape index (κ2) is 7.31. The molecule has 22 heavy (non-hydrogen) atoms. The van der Waals surface area contributed by atoms with Crippen molar-refractivity contribution in [3.63, 3.8) is 0 Å². The van der Waals surface area contributed by atoms with Gasteiger partial charge in [0.1, 0.15) is 11.5 Å². The van der Waals surface area contributed by atoms with Crippen LogP contribution in [-0.4, -0.2) is 27.3 Å². The molecule has 0 aromatic heterocycles. The lowest BCUT2D eigenvalue weighted by molar-refractivity contribution is -0.134. The Labute approximate surface area is 129 Å². The summed E-state index contributed by atoms with van der Waals surface area (Å²) in [5.74, 6) is 0.890. The van der Waals surface area contributed by atoms with Gasteiger partial charge >= 0.3 is 5.97 Å². The number of rotatable bonds is 5. The number of hydrogen-bond acceptors (Lipinski definition) is 4. The number of methoxy groups -OCH3 is 3. The van der Waals surface area contributed by atoms with Gasteiger partial charge < -0.3 is 14.2 Å². The zero-order valence-corrected chi connectivity index (χ0v) is 12.8. The van der Waals surface area contributed by atoms with Crippen molar-refractivity contribution >= 4 is 11.5 Å². The van der Waals surface area contributed by atoms with E-state index in [-0.39, 0.29) is 0 Å². The van der Waals surface area contributed by atoms with E-state index in [1.165, 1.54) is 13.2 Å². The van der Waals surface area contributed by atoms with Crippen LogP contribution in [0.4, 0.5) is 0 Å². The van der Waals surface area contributed by atoms with Crippen molar-refractivity contribution in [2.45, 2.75) is 0 Å². The van der Waals surface area contributed by atoms with E-state index in [1.54, 1.807) is 20.3 Å². The van der Waals surface area contributed by atoms with Crippen molar-refractivity contribution in [1.82, 2.24) is 0 Å². The Morgan fingerprint density at radius 3 is 2.27 bits per heavy atom. The number of ether oxygens (including phenoxy) is 3. The maximum atomic E-state index is 11.7. The van der Waals surface area contributed by atoms with Gasteiger partial charge in [0.15, 0.2) is 0 Å². The number of esters is 1. The van der Waals surface area contributed by atoms with E-state index in [2.05, 4.69) is 0 Å². The summed E-state index contributed by atoms with van der Waals surface area (Å²) in [4.78, 5) is 11.7. The monoisotopic (exact) mass is 298 g/mol. The predicted molar refractivity (Wildman–Crippen MR) is 85.1 cm³/mol. The van der Waals surface area contributed by atoms with Crippen molar-refractivity contribution in [2.75, 3.05) is 21.3 Å². The molecule has 0 atom stereocenters. The van der Waals surface area contributed by atoms with E-state index >= 15 is 0 Å². The average Bonchev–Trinajstić information content (AvgIpc) is 2.59. The topological polar surface area (TPSA) is 44.8 Å². The number of carbonyl (C=O) groups is 1. The van der Waals surface area contributed by atoms with Gasteiger partial charge in [-0.1, -0.05) is 30.3 Å². The fraction of sp³-hybridized carbons (Fsp3) is 0.167. The Balaban J connectivity index is 2.60. The highest BCUT2D eigenvalue weighted by atomic mass is 16.5. The Morgan fingerprint density at radius 1 is 0.955 bits per heavy atom. The first-order valence-electron chi connectivity index (χ1n) is 6.77. The van der Waals surface area contributed by atoms with Crippen LogP contribution in [0.5, 0.6) is 11.5 Å². The average molecular weight is 298 g/mol. The molecule has 0 saturated carbocycles. The number of carbonyl (C=O) groups excluding carboxylic acids is 1. The van der Waals surface area contributed by atoms with Gasteiger partial charge in [0, 0.05) is 17.7 Å². The molecule has 0 N–H and O–H groups in total. The van der Waals surface area contributed by atoms with Gasteiger partial charge in [-0.3, -0.25) is 0 Å². The molecule has 0 radical (unpaired) electrons. The van der Waals surface area contributed by atoms with Gasteiger partial charge in [-0.05, 0) is 23.3 Å². The van der Waals surface area contributed by atoms with Gasteiger partial charge in [-0.25, -0.2) is 4.79 Å². The molecule has 0 fully saturated rings. The summed E-state index contributed by atoms with van der Waals surface area (Å²) in [5, 5.41) is 0. The first-order chi connectivity index (χ1) is 10.7. The van der Waals surface area contributed by atoms with Gasteiger partial charge in [-0.15, -0.1) is 0 Å². The molecule has 4 heteroatoms. The minimum Gasteiger partial charge on any atom is -0.497 e. The summed E-state index contributed by atoms with van der Waals surface area (Å²) >= 11 is 0. The predicted octanol–water partition coefficient (Wildman–Crippen LogP) is 3.31. The second-order valence-corrected chi connectivity index (χ2v) is 4.51. The van der Waals surface area contributed by atoms with Crippen molar-refractivity contribution in [3.05, 3.63) is 65.7 Å². The van der Waals surface area contributed by atoms with Gasteiger partial charge in [0.25, 0.3) is 0 Å². The van der Waals surface area contributed by atoms with Crippen LogP contribution < -0.4 is 9.47 Å². The summed E-state index contributed by atoms with van der Waals surface area (Å²) < 4.78 is 15.4. The Kier molecular flexibility index (Phi) is 5.20. The van der Waals surface area contributed by atoms with Gasteiger partial charge in [-0.2, -0.15) is 0 Å². The molecule has 0 heterocycles. The highest BCUT2D eigenvalue weighted by molar-refractivity contribution is 5.97. The van der Waals surface area contributed by atoms with Crippen molar-refractivity contribution in [1.29, 1.82) is 0 Å². The van der Waals surface area contributed by atoms with E-state index < -0.39 is 5.97 Å². The molecule has 0 spiro atoms. The third kappa shape index (κ3) is 3.47. The lowest BCUT2D eigenvalue weighted by Crippen LogP contribution is -2.00. The van der Waals surface area contributed by atoms with Crippen LogP contribution in [0.1, 0.15) is 11.1 Å². The molecule has 0 aliphatic carbocycles. The number of benzene rings is 2. The molecule has 2 aromatic carbocycles. The highest BCUT2D eigenvalue weighted by Gasteiger charge is 2.13. The fourth-order valence-corrected chi connectivity index (χ4v) is 2.13. The zero-order chi connectivity index (χ0) is 15.9. The summed E-state index contributed by atoms with van der Waals surface area (Å²) in [6.07, 6.45) is 1.46. The molecular weight excluding hydrogens is 280 g/mol. The Morgan fingerprint density at radius 2 is 1.68 bits per heavy atom. The molecule has 4 nitrogen and oxygen atoms in total. The minimum atomic E-state index is -0.420. The van der Waals surface area contributed by atoms with E-state index in [0.717, 1.165) is 16.7 Å². The smallest absolute Gasteiger partial charge is 0.331 e. The molecule has 0 unspecified atom stereocenters. The summed E-state index contributed by atoms with van der Waals surface area (Å²) in [5.41, 5.74) is 2.42. The maximum Gasteiger partial charge on any atom is 0.331 e. The summed E-state index contributed by atoms with van der Waals surface area (Å²) in [6, 6.07) is 15.1. The first-order valence-corrected chi connectivity index (χ1v) is 6.77. The van der Waals surface area contributed by atoms with Crippen LogP contribution in [0.15, 0.2) is 54.6 Å². The Hall–Kier alpha value is -2.75. The molecule has 0 saturated heterocycles. The quantitative estimate of drug-likeness (QED) is 0.627. The van der Waals surface area contributed by atoms with Crippen LogP contribution in [0, 0.1) is 0 Å². The highest BCUT2D eigenvalue weighted by Crippen LogP contribution is 2.33. The molecule has 0 aliphatic heterocycles.